The number of rotatable bonds is 7. The van der Waals surface area contributed by atoms with Gasteiger partial charge in [0, 0.05) is 5.92 Å². The highest BCUT2D eigenvalue weighted by Crippen LogP contribution is 2.26. The summed E-state index contributed by atoms with van der Waals surface area (Å²) in [6.45, 7) is 7.82. The normalized spacial score (nSPS) is 12.4. The largest absolute Gasteiger partial charge is 0.493 e. The van der Waals surface area contributed by atoms with Crippen LogP contribution < -0.4 is 10.5 Å². The second-order valence-electron chi connectivity index (χ2n) is 6.36. The maximum atomic E-state index is 6.02. The van der Waals surface area contributed by atoms with Crippen molar-refractivity contribution in [2.45, 2.75) is 33.1 Å². The minimum Gasteiger partial charge on any atom is -0.493 e. The van der Waals surface area contributed by atoms with Crippen LogP contribution in [0.2, 0.25) is 0 Å². The zero-order valence-electron chi connectivity index (χ0n) is 13.9. The zero-order chi connectivity index (χ0) is 15.9. The number of ether oxygens (including phenoxy) is 1. The Morgan fingerprint density at radius 3 is 2.32 bits per heavy atom. The summed E-state index contributed by atoms with van der Waals surface area (Å²) in [7, 11) is 0. The van der Waals surface area contributed by atoms with Gasteiger partial charge in [0.05, 0.1) is 6.61 Å². The van der Waals surface area contributed by atoms with Crippen LogP contribution in [-0.4, -0.2) is 13.2 Å². The number of para-hydroxylation sites is 1. The molecule has 22 heavy (non-hydrogen) atoms. The minimum absolute atomic E-state index is 0.324. The van der Waals surface area contributed by atoms with Gasteiger partial charge < -0.3 is 10.5 Å². The van der Waals surface area contributed by atoms with Crippen molar-refractivity contribution in [2.24, 2.45) is 11.7 Å². The van der Waals surface area contributed by atoms with Gasteiger partial charge in [-0.05, 0) is 43.0 Å². The maximum absolute atomic E-state index is 6.02. The lowest BCUT2D eigenvalue weighted by Crippen LogP contribution is -2.16. The Morgan fingerprint density at radius 2 is 1.68 bits per heavy atom. The van der Waals surface area contributed by atoms with E-state index in [0.29, 0.717) is 18.4 Å². The maximum Gasteiger partial charge on any atom is 0.122 e. The Balaban J connectivity index is 2.15. The second-order valence-corrected chi connectivity index (χ2v) is 6.36. The van der Waals surface area contributed by atoms with Crippen LogP contribution in [0.25, 0.3) is 0 Å². The number of benzene rings is 2. The second kappa shape index (κ2) is 8.00. The first kappa shape index (κ1) is 16.6. The molecule has 2 nitrogen and oxygen atoms in total. The molecule has 0 bridgehead atoms. The molecule has 1 unspecified atom stereocenters. The lowest BCUT2D eigenvalue weighted by atomic mass is 9.91. The van der Waals surface area contributed by atoms with E-state index >= 15 is 0 Å². The third-order valence-electron chi connectivity index (χ3n) is 3.84. The topological polar surface area (TPSA) is 35.2 Å². The van der Waals surface area contributed by atoms with Gasteiger partial charge in [0.15, 0.2) is 0 Å². The fourth-order valence-electron chi connectivity index (χ4n) is 2.51. The molecule has 0 spiro atoms. The molecule has 0 amide bonds. The van der Waals surface area contributed by atoms with Gasteiger partial charge in [-0.2, -0.15) is 0 Å². The number of nitrogens with two attached hydrogens (primary N) is 1. The molecule has 0 aliphatic rings. The van der Waals surface area contributed by atoms with Crippen LogP contribution in [0.3, 0.4) is 0 Å². The van der Waals surface area contributed by atoms with E-state index in [-0.39, 0.29) is 0 Å². The van der Waals surface area contributed by atoms with E-state index in [1.54, 1.807) is 0 Å². The molecule has 0 aliphatic heterocycles. The van der Waals surface area contributed by atoms with Crippen LogP contribution in [0.4, 0.5) is 0 Å². The molecule has 0 radical (unpaired) electrons. The zero-order valence-corrected chi connectivity index (χ0v) is 13.9. The van der Waals surface area contributed by atoms with Crippen molar-refractivity contribution < 1.29 is 4.74 Å². The van der Waals surface area contributed by atoms with Crippen LogP contribution in [0, 0.1) is 12.8 Å². The number of aryl methyl sites for hydroxylation is 1. The summed E-state index contributed by atoms with van der Waals surface area (Å²) in [4.78, 5) is 0. The highest BCUT2D eigenvalue weighted by molar-refractivity contribution is 5.36. The SMILES string of the molecule is Cc1ccc(C(CN)Cc2ccccc2OCC(C)C)cc1. The Bertz CT molecular complexity index is 575. The molecule has 0 fully saturated rings. The first-order chi connectivity index (χ1) is 10.6. The van der Waals surface area contributed by atoms with Crippen molar-refractivity contribution in [3.8, 4) is 5.75 Å². The summed E-state index contributed by atoms with van der Waals surface area (Å²) in [6.07, 6.45) is 0.911. The molecule has 2 aromatic rings. The van der Waals surface area contributed by atoms with Gasteiger partial charge >= 0.3 is 0 Å². The molecule has 118 valence electrons. The quantitative estimate of drug-likeness (QED) is 0.826. The first-order valence-electron chi connectivity index (χ1n) is 8.07. The van der Waals surface area contributed by atoms with Gasteiger partial charge in [-0.1, -0.05) is 61.9 Å². The predicted octanol–water partition coefficient (Wildman–Crippen LogP) is 4.31. The number of hydrogen-bond donors (Lipinski definition) is 1. The third kappa shape index (κ3) is 4.60. The summed E-state index contributed by atoms with van der Waals surface area (Å²) in [5, 5.41) is 0. The molecule has 0 heterocycles. The first-order valence-corrected chi connectivity index (χ1v) is 8.07. The molecule has 0 saturated heterocycles. The fraction of sp³-hybridized carbons (Fsp3) is 0.400. The van der Waals surface area contributed by atoms with Crippen molar-refractivity contribution in [2.75, 3.05) is 13.2 Å². The highest BCUT2D eigenvalue weighted by Gasteiger charge is 2.13. The van der Waals surface area contributed by atoms with E-state index < -0.39 is 0 Å². The van der Waals surface area contributed by atoms with E-state index in [2.05, 4.69) is 63.2 Å². The third-order valence-corrected chi connectivity index (χ3v) is 3.84. The number of hydrogen-bond acceptors (Lipinski definition) is 2. The molecule has 0 saturated carbocycles. The van der Waals surface area contributed by atoms with Crippen molar-refractivity contribution in [1.82, 2.24) is 0 Å². The Kier molecular flexibility index (Phi) is 6.02. The van der Waals surface area contributed by atoms with Crippen LogP contribution in [0.1, 0.15) is 36.5 Å². The van der Waals surface area contributed by atoms with Crippen LogP contribution in [-0.2, 0) is 6.42 Å². The molecule has 2 rings (SSSR count). The molecule has 1 atom stereocenters. The van der Waals surface area contributed by atoms with E-state index in [1.165, 1.54) is 16.7 Å². The Morgan fingerprint density at radius 1 is 1.00 bits per heavy atom. The van der Waals surface area contributed by atoms with Crippen molar-refractivity contribution in [3.63, 3.8) is 0 Å². The fourth-order valence-corrected chi connectivity index (χ4v) is 2.51. The van der Waals surface area contributed by atoms with Crippen molar-refractivity contribution in [3.05, 3.63) is 65.2 Å². The summed E-state index contributed by atoms with van der Waals surface area (Å²) in [6, 6.07) is 17.0. The van der Waals surface area contributed by atoms with Gasteiger partial charge in [0.1, 0.15) is 5.75 Å². The van der Waals surface area contributed by atoms with Crippen molar-refractivity contribution in [1.29, 1.82) is 0 Å². The van der Waals surface area contributed by atoms with E-state index in [1.807, 2.05) is 6.07 Å². The molecular formula is C20H27NO. The lowest BCUT2D eigenvalue weighted by Gasteiger charge is -2.19. The summed E-state index contributed by atoms with van der Waals surface area (Å²) in [5.41, 5.74) is 9.83. The Labute approximate surface area is 134 Å². The van der Waals surface area contributed by atoms with E-state index in [4.69, 9.17) is 10.5 Å². The standard InChI is InChI=1S/C20H27NO/c1-15(2)14-22-20-7-5-4-6-18(20)12-19(13-21)17-10-8-16(3)9-11-17/h4-11,15,19H,12-14,21H2,1-3H3. The molecule has 2 N–H and O–H groups in total. The molecule has 0 aliphatic carbocycles. The average Bonchev–Trinajstić information content (AvgIpc) is 2.52. The van der Waals surface area contributed by atoms with E-state index in [0.717, 1.165) is 18.8 Å². The monoisotopic (exact) mass is 297 g/mol. The van der Waals surface area contributed by atoms with Crippen LogP contribution in [0.15, 0.2) is 48.5 Å². The smallest absolute Gasteiger partial charge is 0.122 e. The van der Waals surface area contributed by atoms with E-state index in [9.17, 15) is 0 Å². The van der Waals surface area contributed by atoms with Crippen LogP contribution in [0.5, 0.6) is 5.75 Å². The minimum atomic E-state index is 0.324. The summed E-state index contributed by atoms with van der Waals surface area (Å²) in [5.74, 6) is 1.83. The molecular weight excluding hydrogens is 270 g/mol. The van der Waals surface area contributed by atoms with Gasteiger partial charge in [-0.3, -0.25) is 0 Å². The molecule has 2 aromatic carbocycles. The summed E-state index contributed by atoms with van der Waals surface area (Å²) >= 11 is 0. The summed E-state index contributed by atoms with van der Waals surface area (Å²) < 4.78 is 5.96. The van der Waals surface area contributed by atoms with Crippen molar-refractivity contribution >= 4 is 0 Å². The van der Waals surface area contributed by atoms with Gasteiger partial charge in [0.25, 0.3) is 0 Å². The highest BCUT2D eigenvalue weighted by atomic mass is 16.5. The average molecular weight is 297 g/mol. The van der Waals surface area contributed by atoms with Gasteiger partial charge in [-0.25, -0.2) is 0 Å². The molecule has 2 heteroatoms. The predicted molar refractivity (Wildman–Crippen MR) is 93.5 cm³/mol. The van der Waals surface area contributed by atoms with Gasteiger partial charge in [0.2, 0.25) is 0 Å². The Hall–Kier alpha value is -1.80. The molecule has 0 aromatic heterocycles. The van der Waals surface area contributed by atoms with Gasteiger partial charge in [-0.15, -0.1) is 0 Å². The van der Waals surface area contributed by atoms with Crippen LogP contribution >= 0.6 is 0 Å². The lowest BCUT2D eigenvalue weighted by molar-refractivity contribution is 0.268.